The standard InChI is InChI=1S/C19H21NO5S/c1-2-3-10-24-11-12-26(22,23)18-7-5-4-6-17(18)15-25-14-16-8-9-19(21)20-13-16/h4-9,13H,2,11-12,14-15H2,1H3,(H,20,21). The first-order valence-electron chi connectivity index (χ1n) is 8.18. The summed E-state index contributed by atoms with van der Waals surface area (Å²) >= 11 is 0. The lowest BCUT2D eigenvalue weighted by molar-refractivity contribution is 0.105. The highest BCUT2D eigenvalue weighted by Gasteiger charge is 2.18. The van der Waals surface area contributed by atoms with E-state index in [1.165, 1.54) is 6.07 Å². The van der Waals surface area contributed by atoms with E-state index in [-0.39, 0.29) is 36.0 Å². The van der Waals surface area contributed by atoms with Gasteiger partial charge in [-0.2, -0.15) is 0 Å². The molecule has 7 heteroatoms. The fourth-order valence-electron chi connectivity index (χ4n) is 2.17. The molecule has 0 amide bonds. The van der Waals surface area contributed by atoms with Gasteiger partial charge in [0.15, 0.2) is 9.84 Å². The Balaban J connectivity index is 1.99. The van der Waals surface area contributed by atoms with Crippen LogP contribution in [0.2, 0.25) is 0 Å². The molecule has 138 valence electrons. The number of aromatic amines is 1. The van der Waals surface area contributed by atoms with Crippen molar-refractivity contribution in [1.29, 1.82) is 0 Å². The van der Waals surface area contributed by atoms with Crippen LogP contribution in [0, 0.1) is 12.0 Å². The molecule has 0 aliphatic heterocycles. The number of ether oxygens (including phenoxy) is 2. The molecule has 0 saturated heterocycles. The van der Waals surface area contributed by atoms with Gasteiger partial charge in [-0.05, 0) is 23.3 Å². The molecule has 0 saturated carbocycles. The Morgan fingerprint density at radius 2 is 1.92 bits per heavy atom. The topological polar surface area (TPSA) is 85.5 Å². The van der Waals surface area contributed by atoms with Crippen LogP contribution in [0.1, 0.15) is 24.5 Å². The van der Waals surface area contributed by atoms with Crippen LogP contribution < -0.4 is 5.56 Å². The van der Waals surface area contributed by atoms with Gasteiger partial charge in [-0.3, -0.25) is 4.79 Å². The molecular weight excluding hydrogens is 354 g/mol. The first kappa shape index (κ1) is 19.8. The zero-order valence-electron chi connectivity index (χ0n) is 14.5. The number of aromatic nitrogens is 1. The third-order valence-electron chi connectivity index (χ3n) is 3.46. The van der Waals surface area contributed by atoms with E-state index in [4.69, 9.17) is 9.47 Å². The molecule has 6 nitrogen and oxygen atoms in total. The Bertz CT molecular complexity index is 918. The minimum absolute atomic E-state index is 0.0158. The minimum atomic E-state index is -3.50. The van der Waals surface area contributed by atoms with Crippen LogP contribution in [0.3, 0.4) is 0 Å². The Labute approximate surface area is 153 Å². The summed E-state index contributed by atoms with van der Waals surface area (Å²) < 4.78 is 35.7. The highest BCUT2D eigenvalue weighted by molar-refractivity contribution is 7.91. The molecule has 1 N–H and O–H groups in total. The van der Waals surface area contributed by atoms with Crippen molar-refractivity contribution in [2.75, 3.05) is 12.4 Å². The number of hydrogen-bond donors (Lipinski definition) is 1. The number of nitrogens with one attached hydrogen (secondary N) is 1. The Morgan fingerprint density at radius 3 is 2.65 bits per heavy atom. The molecule has 0 spiro atoms. The van der Waals surface area contributed by atoms with Crippen molar-refractivity contribution in [2.24, 2.45) is 0 Å². The second kappa shape index (κ2) is 9.80. The number of sulfone groups is 1. The number of pyridine rings is 1. The monoisotopic (exact) mass is 375 g/mol. The van der Waals surface area contributed by atoms with Gasteiger partial charge in [-0.1, -0.05) is 31.0 Å². The largest absolute Gasteiger partial charge is 0.446 e. The van der Waals surface area contributed by atoms with Crippen molar-refractivity contribution in [3.8, 4) is 12.0 Å². The van der Waals surface area contributed by atoms with Crippen molar-refractivity contribution in [3.05, 3.63) is 64.1 Å². The van der Waals surface area contributed by atoms with Gasteiger partial charge in [-0.25, -0.2) is 8.42 Å². The summed E-state index contributed by atoms with van der Waals surface area (Å²) in [6.45, 7) is 2.31. The highest BCUT2D eigenvalue weighted by Crippen LogP contribution is 2.18. The summed E-state index contributed by atoms with van der Waals surface area (Å²) in [5.41, 5.74) is 1.19. The minimum Gasteiger partial charge on any atom is -0.446 e. The summed E-state index contributed by atoms with van der Waals surface area (Å²) in [7, 11) is -3.50. The van der Waals surface area contributed by atoms with Crippen LogP contribution in [0.5, 0.6) is 0 Å². The maximum atomic E-state index is 12.5. The first-order valence-corrected chi connectivity index (χ1v) is 9.84. The van der Waals surface area contributed by atoms with Gasteiger partial charge in [0.1, 0.15) is 12.7 Å². The Kier molecular flexibility index (Phi) is 7.45. The molecule has 2 aromatic rings. The third-order valence-corrected chi connectivity index (χ3v) is 5.23. The van der Waals surface area contributed by atoms with Crippen molar-refractivity contribution >= 4 is 9.84 Å². The summed E-state index contributed by atoms with van der Waals surface area (Å²) in [6, 6.07) is 9.80. The molecule has 1 aromatic carbocycles. The molecule has 0 atom stereocenters. The maximum Gasteiger partial charge on any atom is 0.247 e. The lowest BCUT2D eigenvalue weighted by atomic mass is 10.2. The van der Waals surface area contributed by atoms with E-state index >= 15 is 0 Å². The Hall–Kier alpha value is -2.56. The van der Waals surface area contributed by atoms with Gasteiger partial charge in [-0.15, -0.1) is 0 Å². The zero-order valence-corrected chi connectivity index (χ0v) is 15.3. The van der Waals surface area contributed by atoms with Crippen molar-refractivity contribution in [2.45, 2.75) is 31.5 Å². The van der Waals surface area contributed by atoms with Crippen LogP contribution in [0.15, 0.2) is 52.3 Å². The molecule has 1 heterocycles. The predicted octanol–water partition coefficient (Wildman–Crippen LogP) is 2.25. The van der Waals surface area contributed by atoms with Crippen LogP contribution in [-0.4, -0.2) is 25.8 Å². The van der Waals surface area contributed by atoms with Gasteiger partial charge >= 0.3 is 0 Å². The molecule has 0 bridgehead atoms. The normalized spacial score (nSPS) is 10.8. The van der Waals surface area contributed by atoms with Crippen molar-refractivity contribution in [3.63, 3.8) is 0 Å². The molecular formula is C19H21NO5S. The molecule has 1 aromatic heterocycles. The molecule has 0 aliphatic rings. The van der Waals surface area contributed by atoms with Gasteiger partial charge in [0, 0.05) is 18.7 Å². The number of rotatable bonds is 8. The van der Waals surface area contributed by atoms with E-state index in [9.17, 15) is 13.2 Å². The molecule has 0 radical (unpaired) electrons. The van der Waals surface area contributed by atoms with Crippen LogP contribution in [0.4, 0.5) is 0 Å². The molecule has 0 unspecified atom stereocenters. The van der Waals surface area contributed by atoms with E-state index in [0.717, 1.165) is 5.56 Å². The average Bonchev–Trinajstić information content (AvgIpc) is 2.63. The Morgan fingerprint density at radius 1 is 1.12 bits per heavy atom. The van der Waals surface area contributed by atoms with E-state index < -0.39 is 9.84 Å². The van der Waals surface area contributed by atoms with E-state index in [1.54, 1.807) is 36.5 Å². The first-order chi connectivity index (χ1) is 12.5. The van der Waals surface area contributed by atoms with Gasteiger partial charge in [0.25, 0.3) is 0 Å². The lowest BCUT2D eigenvalue weighted by Crippen LogP contribution is -2.14. The molecule has 0 aliphatic carbocycles. The SMILES string of the molecule is CCC#COCCS(=O)(=O)c1ccccc1COCc1ccc(=O)[nH]c1. The molecule has 26 heavy (non-hydrogen) atoms. The summed E-state index contributed by atoms with van der Waals surface area (Å²) in [5.74, 6) is 2.57. The number of H-pyrrole nitrogens is 1. The second-order valence-corrected chi connectivity index (χ2v) is 7.54. The lowest BCUT2D eigenvalue weighted by Gasteiger charge is -2.11. The van der Waals surface area contributed by atoms with Crippen molar-refractivity contribution < 1.29 is 17.9 Å². The fraction of sp³-hybridized carbons (Fsp3) is 0.316. The summed E-state index contributed by atoms with van der Waals surface area (Å²) in [4.78, 5) is 13.8. The van der Waals surface area contributed by atoms with Crippen molar-refractivity contribution in [1.82, 2.24) is 4.98 Å². The van der Waals surface area contributed by atoms with Gasteiger partial charge in [0.05, 0.1) is 23.9 Å². The highest BCUT2D eigenvalue weighted by atomic mass is 32.2. The number of hydrogen-bond acceptors (Lipinski definition) is 5. The maximum absolute atomic E-state index is 12.5. The van der Waals surface area contributed by atoms with E-state index in [0.29, 0.717) is 12.0 Å². The van der Waals surface area contributed by atoms with Gasteiger partial charge < -0.3 is 14.5 Å². The molecule has 2 rings (SSSR count). The van der Waals surface area contributed by atoms with Crippen LogP contribution in [0.25, 0.3) is 0 Å². The molecule has 0 fully saturated rings. The van der Waals surface area contributed by atoms with Gasteiger partial charge in [0.2, 0.25) is 5.56 Å². The van der Waals surface area contributed by atoms with E-state index in [1.807, 2.05) is 6.92 Å². The zero-order chi connectivity index (χ0) is 18.8. The quantitative estimate of drug-likeness (QED) is 0.565. The fourth-order valence-corrected chi connectivity index (χ4v) is 3.51. The summed E-state index contributed by atoms with van der Waals surface area (Å²) in [5, 5.41) is 0. The van der Waals surface area contributed by atoms with E-state index in [2.05, 4.69) is 17.0 Å². The van der Waals surface area contributed by atoms with Crippen LogP contribution >= 0.6 is 0 Å². The smallest absolute Gasteiger partial charge is 0.247 e. The summed E-state index contributed by atoms with van der Waals surface area (Å²) in [6.07, 6.45) is 4.69. The van der Waals surface area contributed by atoms with Crippen LogP contribution in [-0.2, 0) is 32.5 Å². The average molecular weight is 375 g/mol. The predicted molar refractivity (Wildman–Crippen MR) is 98.1 cm³/mol. The third kappa shape index (κ3) is 6.06. The second-order valence-electron chi connectivity index (χ2n) is 5.46. The number of benzene rings is 1.